The molecule has 0 heterocycles. The first-order valence-electron chi connectivity index (χ1n) is 5.67. The Labute approximate surface area is 96.0 Å². The highest BCUT2D eigenvalue weighted by Gasteiger charge is 2.63. The average molecular weight is 231 g/mol. The number of carbonyl (C=O) groups is 1. The molecule has 0 amide bonds. The maximum atomic E-state index is 11.0. The first kappa shape index (κ1) is 11.3. The monoisotopic (exact) mass is 230 g/mol. The number of hydrogen-bond acceptors (Lipinski definition) is 1. The highest BCUT2D eigenvalue weighted by Crippen LogP contribution is 2.69. The number of aliphatic carboxylic acids is 1. The van der Waals surface area contributed by atoms with Gasteiger partial charge in [0.25, 0.3) is 0 Å². The van der Waals surface area contributed by atoms with E-state index in [4.69, 9.17) is 16.7 Å². The van der Waals surface area contributed by atoms with Gasteiger partial charge < -0.3 is 5.11 Å². The highest BCUT2D eigenvalue weighted by molar-refractivity contribution is 6.29. The van der Waals surface area contributed by atoms with Crippen molar-refractivity contribution in [3.63, 3.8) is 0 Å². The van der Waals surface area contributed by atoms with Gasteiger partial charge in [-0.1, -0.05) is 20.8 Å². The van der Waals surface area contributed by atoms with Crippen molar-refractivity contribution in [3.05, 3.63) is 0 Å². The van der Waals surface area contributed by atoms with Crippen molar-refractivity contribution < 1.29 is 9.90 Å². The fraction of sp³-hybridized carbons (Fsp3) is 0.917. The van der Waals surface area contributed by atoms with Gasteiger partial charge in [0, 0.05) is 0 Å². The molecule has 0 aromatic heterocycles. The zero-order chi connectivity index (χ0) is 11.4. The topological polar surface area (TPSA) is 37.3 Å². The van der Waals surface area contributed by atoms with E-state index in [1.807, 2.05) is 0 Å². The lowest BCUT2D eigenvalue weighted by Gasteiger charge is -2.40. The third kappa shape index (κ3) is 1.27. The van der Waals surface area contributed by atoms with Crippen molar-refractivity contribution >= 4 is 17.6 Å². The Hall–Kier alpha value is -0.240. The predicted octanol–water partition coefficient (Wildman–Crippen LogP) is 3.14. The van der Waals surface area contributed by atoms with E-state index in [2.05, 4.69) is 20.8 Å². The molecule has 3 heteroatoms. The van der Waals surface area contributed by atoms with Crippen LogP contribution in [0.3, 0.4) is 0 Å². The van der Waals surface area contributed by atoms with Gasteiger partial charge in [-0.25, -0.2) is 0 Å². The highest BCUT2D eigenvalue weighted by atomic mass is 35.5. The first-order chi connectivity index (χ1) is 6.80. The standard InChI is InChI=1S/C12H19ClO2/c1-11(2)7-4-5-12(11,3)8(6-7)9(13)10(14)15/h7-9H,4-6H2,1-3H3,(H,14,15). The van der Waals surface area contributed by atoms with Crippen LogP contribution in [0.15, 0.2) is 0 Å². The van der Waals surface area contributed by atoms with Gasteiger partial charge >= 0.3 is 5.97 Å². The molecule has 0 aromatic rings. The zero-order valence-corrected chi connectivity index (χ0v) is 10.3. The summed E-state index contributed by atoms with van der Waals surface area (Å²) < 4.78 is 0. The molecule has 0 spiro atoms. The molecule has 2 nitrogen and oxygen atoms in total. The Morgan fingerprint density at radius 2 is 2.07 bits per heavy atom. The molecule has 2 aliphatic rings. The third-order valence-corrected chi connectivity index (χ3v) is 5.94. The molecule has 1 N–H and O–H groups in total. The van der Waals surface area contributed by atoms with Crippen LogP contribution in [0.4, 0.5) is 0 Å². The average Bonchev–Trinajstić information content (AvgIpc) is 2.47. The molecule has 4 atom stereocenters. The number of hydrogen-bond donors (Lipinski definition) is 1. The molecule has 86 valence electrons. The van der Waals surface area contributed by atoms with Crippen LogP contribution in [-0.4, -0.2) is 16.5 Å². The summed E-state index contributed by atoms with van der Waals surface area (Å²) in [5, 5.41) is 8.31. The summed E-state index contributed by atoms with van der Waals surface area (Å²) in [7, 11) is 0. The molecule has 0 saturated heterocycles. The largest absolute Gasteiger partial charge is 0.480 e. The molecule has 2 fully saturated rings. The van der Waals surface area contributed by atoms with Crippen LogP contribution >= 0.6 is 11.6 Å². The number of rotatable bonds is 2. The Bertz CT molecular complexity index is 300. The summed E-state index contributed by atoms with van der Waals surface area (Å²) in [5.74, 6) is -0.0511. The number of carboxylic acid groups (broad SMARTS) is 1. The summed E-state index contributed by atoms with van der Waals surface area (Å²) in [6, 6.07) is 0. The Morgan fingerprint density at radius 1 is 1.47 bits per heavy atom. The quantitative estimate of drug-likeness (QED) is 0.740. The van der Waals surface area contributed by atoms with Crippen LogP contribution in [0.5, 0.6) is 0 Å². The van der Waals surface area contributed by atoms with Crippen LogP contribution < -0.4 is 0 Å². The van der Waals surface area contributed by atoms with Gasteiger partial charge in [-0.15, -0.1) is 11.6 Å². The molecule has 2 rings (SSSR count). The third-order valence-electron chi connectivity index (χ3n) is 5.45. The summed E-state index contributed by atoms with van der Waals surface area (Å²) in [6.45, 7) is 6.77. The smallest absolute Gasteiger partial charge is 0.321 e. The zero-order valence-electron chi connectivity index (χ0n) is 9.59. The van der Waals surface area contributed by atoms with Crippen LogP contribution in [0.25, 0.3) is 0 Å². The first-order valence-corrected chi connectivity index (χ1v) is 6.11. The molecular formula is C12H19ClO2. The summed E-state index contributed by atoms with van der Waals surface area (Å²) >= 11 is 6.03. The molecule has 2 aliphatic carbocycles. The van der Waals surface area contributed by atoms with E-state index in [1.165, 1.54) is 6.42 Å². The summed E-state index contributed by atoms with van der Waals surface area (Å²) in [6.07, 6.45) is 3.36. The fourth-order valence-electron chi connectivity index (χ4n) is 3.88. The number of halogens is 1. The van der Waals surface area contributed by atoms with Crippen LogP contribution in [-0.2, 0) is 4.79 Å². The Balaban J connectivity index is 2.30. The van der Waals surface area contributed by atoms with Crippen LogP contribution in [0.1, 0.15) is 40.0 Å². The lowest BCUT2D eigenvalue weighted by molar-refractivity contribution is -0.138. The molecule has 0 radical (unpaired) electrons. The summed E-state index contributed by atoms with van der Waals surface area (Å²) in [5.41, 5.74) is 0.364. The van der Waals surface area contributed by atoms with Gasteiger partial charge in [0.2, 0.25) is 0 Å². The minimum Gasteiger partial charge on any atom is -0.480 e. The maximum Gasteiger partial charge on any atom is 0.321 e. The van der Waals surface area contributed by atoms with Crippen molar-refractivity contribution in [3.8, 4) is 0 Å². The van der Waals surface area contributed by atoms with E-state index in [1.54, 1.807) is 0 Å². The van der Waals surface area contributed by atoms with Crippen molar-refractivity contribution in [1.29, 1.82) is 0 Å². The van der Waals surface area contributed by atoms with Gasteiger partial charge in [-0.3, -0.25) is 4.79 Å². The molecular weight excluding hydrogens is 212 g/mol. The second-order valence-corrected chi connectivity index (χ2v) is 6.43. The molecule has 2 bridgehead atoms. The van der Waals surface area contributed by atoms with Gasteiger partial charge in [0.1, 0.15) is 5.38 Å². The van der Waals surface area contributed by atoms with Gasteiger partial charge in [0.15, 0.2) is 0 Å². The van der Waals surface area contributed by atoms with E-state index in [-0.39, 0.29) is 16.7 Å². The van der Waals surface area contributed by atoms with Crippen molar-refractivity contribution in [2.45, 2.75) is 45.4 Å². The van der Waals surface area contributed by atoms with Gasteiger partial charge in [-0.2, -0.15) is 0 Å². The number of fused-ring (bicyclic) bond motifs is 2. The minimum atomic E-state index is -0.855. The van der Waals surface area contributed by atoms with Crippen molar-refractivity contribution in [2.75, 3.05) is 0 Å². The molecule has 15 heavy (non-hydrogen) atoms. The second kappa shape index (κ2) is 3.13. The Morgan fingerprint density at radius 3 is 2.40 bits per heavy atom. The SMILES string of the molecule is CC1(C)C2CCC1(C)C(C(Cl)C(=O)O)C2. The predicted molar refractivity (Wildman–Crippen MR) is 60.0 cm³/mol. The molecule has 4 unspecified atom stereocenters. The van der Waals surface area contributed by atoms with Crippen molar-refractivity contribution in [1.82, 2.24) is 0 Å². The molecule has 0 aromatic carbocycles. The normalized spacial score (nSPS) is 44.3. The maximum absolute atomic E-state index is 11.0. The molecule has 2 saturated carbocycles. The van der Waals surface area contributed by atoms with E-state index in [9.17, 15) is 4.79 Å². The molecule has 0 aliphatic heterocycles. The van der Waals surface area contributed by atoms with Crippen molar-refractivity contribution in [2.24, 2.45) is 22.7 Å². The van der Waals surface area contributed by atoms with E-state index in [0.29, 0.717) is 5.92 Å². The summed E-state index contributed by atoms with van der Waals surface area (Å²) in [4.78, 5) is 11.0. The van der Waals surface area contributed by atoms with Gasteiger partial charge in [-0.05, 0) is 41.9 Å². The van der Waals surface area contributed by atoms with Gasteiger partial charge in [0.05, 0.1) is 0 Å². The minimum absolute atomic E-state index is 0.114. The van der Waals surface area contributed by atoms with Crippen LogP contribution in [0.2, 0.25) is 0 Å². The van der Waals surface area contributed by atoms with E-state index >= 15 is 0 Å². The second-order valence-electron chi connectivity index (χ2n) is 5.96. The lowest BCUT2D eigenvalue weighted by Crippen LogP contribution is -2.39. The van der Waals surface area contributed by atoms with E-state index < -0.39 is 11.3 Å². The van der Waals surface area contributed by atoms with Crippen LogP contribution in [0, 0.1) is 22.7 Å². The van der Waals surface area contributed by atoms with E-state index in [0.717, 1.165) is 12.8 Å². The fourth-order valence-corrected chi connectivity index (χ4v) is 4.26. The number of carboxylic acids is 1. The number of alkyl halides is 1. The Kier molecular flexibility index (Phi) is 2.35. The lowest BCUT2D eigenvalue weighted by atomic mass is 9.66.